The smallest absolute Gasteiger partial charge is 1.00 e. The molecule has 0 saturated carbocycles. The van der Waals surface area contributed by atoms with E-state index in [9.17, 15) is 0 Å². The summed E-state index contributed by atoms with van der Waals surface area (Å²) in [6.07, 6.45) is 10.1. The predicted octanol–water partition coefficient (Wildman–Crippen LogP) is 1.29. The van der Waals surface area contributed by atoms with E-state index in [1.54, 1.807) is 16.7 Å². The quantitative estimate of drug-likeness (QED) is 0.480. The van der Waals surface area contributed by atoms with Gasteiger partial charge in [-0.05, 0) is 69.0 Å². The van der Waals surface area contributed by atoms with Gasteiger partial charge in [-0.3, -0.25) is 0 Å². The molecular formula is C27H32Cl2Zr. The van der Waals surface area contributed by atoms with Gasteiger partial charge < -0.3 is 24.8 Å². The normalized spacial score (nSPS) is 14.1. The second kappa shape index (κ2) is 9.89. The third kappa shape index (κ3) is 5.23. The van der Waals surface area contributed by atoms with E-state index in [0.717, 1.165) is 19.3 Å². The van der Waals surface area contributed by atoms with Crippen LogP contribution in [0.25, 0.3) is 11.1 Å². The molecule has 2 aromatic rings. The van der Waals surface area contributed by atoms with Gasteiger partial charge in [0.1, 0.15) is 0 Å². The summed E-state index contributed by atoms with van der Waals surface area (Å²) < 4.78 is 0. The molecule has 2 aromatic carbocycles. The molecule has 0 radical (unpaired) electrons. The van der Waals surface area contributed by atoms with Crippen LogP contribution in [0.5, 0.6) is 0 Å². The Balaban J connectivity index is 0.00000150. The van der Waals surface area contributed by atoms with E-state index in [0.29, 0.717) is 0 Å². The van der Waals surface area contributed by atoms with Crippen LogP contribution < -0.4 is 24.8 Å². The Morgan fingerprint density at radius 1 is 0.833 bits per heavy atom. The predicted molar refractivity (Wildman–Crippen MR) is 118 cm³/mol. The van der Waals surface area contributed by atoms with E-state index in [4.69, 9.17) is 0 Å². The van der Waals surface area contributed by atoms with Crippen LogP contribution >= 0.6 is 0 Å². The molecule has 2 aliphatic rings. The van der Waals surface area contributed by atoms with Crippen molar-refractivity contribution < 1.29 is 51.0 Å². The molecule has 4 rings (SSSR count). The van der Waals surface area contributed by atoms with Gasteiger partial charge >= 0.3 is 26.2 Å². The molecule has 0 nitrogen and oxygen atoms in total. The fraction of sp³-hybridized carbons (Fsp3) is 0.407. The monoisotopic (exact) mass is 516 g/mol. The van der Waals surface area contributed by atoms with Crippen molar-refractivity contribution in [1.82, 2.24) is 0 Å². The van der Waals surface area contributed by atoms with Crippen LogP contribution in [0.1, 0.15) is 75.8 Å². The molecule has 158 valence electrons. The first-order valence-corrected chi connectivity index (χ1v) is 10.3. The van der Waals surface area contributed by atoms with Gasteiger partial charge in [0.25, 0.3) is 0 Å². The Kier molecular flexibility index (Phi) is 9.04. The van der Waals surface area contributed by atoms with Gasteiger partial charge in [-0.15, -0.1) is 0 Å². The summed E-state index contributed by atoms with van der Waals surface area (Å²) in [6, 6.07) is 11.9. The average molecular weight is 519 g/mol. The minimum atomic E-state index is 0. The topological polar surface area (TPSA) is 0 Å². The molecule has 0 amide bonds. The molecule has 0 aromatic heterocycles. The van der Waals surface area contributed by atoms with Crippen LogP contribution in [0.3, 0.4) is 0 Å². The zero-order valence-electron chi connectivity index (χ0n) is 19.0. The number of benzene rings is 2. The van der Waals surface area contributed by atoms with Gasteiger partial charge in [0.2, 0.25) is 0 Å². The van der Waals surface area contributed by atoms with Crippen molar-refractivity contribution in [2.75, 3.05) is 0 Å². The summed E-state index contributed by atoms with van der Waals surface area (Å²) in [7, 11) is 0. The van der Waals surface area contributed by atoms with E-state index in [1.165, 1.54) is 27.8 Å². The molecule has 0 spiro atoms. The zero-order valence-corrected chi connectivity index (χ0v) is 23.0. The summed E-state index contributed by atoms with van der Waals surface area (Å²) in [5.74, 6) is 0. The molecule has 0 bridgehead atoms. The number of allylic oxidation sites excluding steroid dienone is 4. The maximum atomic E-state index is 2.45. The molecule has 0 unspecified atom stereocenters. The van der Waals surface area contributed by atoms with Crippen molar-refractivity contribution >= 4 is 0 Å². The Morgan fingerprint density at radius 3 is 2.07 bits per heavy atom. The van der Waals surface area contributed by atoms with Gasteiger partial charge in [0.15, 0.2) is 0 Å². The van der Waals surface area contributed by atoms with E-state index in [1.807, 2.05) is 0 Å². The first-order chi connectivity index (χ1) is 12.6. The standard InChI is InChI=1S/C27H32.2ClH.Zr/c1-26(2,3)20-11-12-21-19(16-20)17-23-22(21)13-14-25(27(4,5)6)24(23)15-18-9-7-8-10-18;;;/h7-9,11-14,16H,10,15,17H2,1-6H3;2*1H;/q;;;+2/p-2. The van der Waals surface area contributed by atoms with Crippen LogP contribution in [-0.4, -0.2) is 0 Å². The third-order valence-electron chi connectivity index (χ3n) is 6.12. The summed E-state index contributed by atoms with van der Waals surface area (Å²) in [5.41, 5.74) is 12.4. The SMILES string of the molecule is CC(C)(C)c1ccc2c(c1)Cc1c-2ccc(C(C)(C)C)c1CC1=CC=CC1.[Cl-].[Cl-].[Zr+2]. The summed E-state index contributed by atoms with van der Waals surface area (Å²) in [5, 5.41) is 0. The third-order valence-corrected chi connectivity index (χ3v) is 6.12. The number of halogens is 2. The van der Waals surface area contributed by atoms with Gasteiger partial charge in [0.05, 0.1) is 0 Å². The molecular weight excluding hydrogens is 486 g/mol. The maximum Gasteiger partial charge on any atom is 2.00 e. The fourth-order valence-corrected chi connectivity index (χ4v) is 4.56. The second-order valence-corrected chi connectivity index (χ2v) is 10.3. The summed E-state index contributed by atoms with van der Waals surface area (Å²) in [4.78, 5) is 0. The van der Waals surface area contributed by atoms with Crippen LogP contribution in [0.4, 0.5) is 0 Å². The average Bonchev–Trinajstić information content (AvgIpc) is 3.20. The Bertz CT molecular complexity index is 970. The molecule has 30 heavy (non-hydrogen) atoms. The minimum absolute atomic E-state index is 0. The Labute approximate surface area is 214 Å². The van der Waals surface area contributed by atoms with Crippen LogP contribution in [0, 0.1) is 0 Å². The molecule has 0 heterocycles. The van der Waals surface area contributed by atoms with Crippen molar-refractivity contribution in [3.63, 3.8) is 0 Å². The molecule has 2 aliphatic carbocycles. The Morgan fingerprint density at radius 2 is 1.50 bits per heavy atom. The van der Waals surface area contributed by atoms with Gasteiger partial charge in [-0.25, -0.2) is 0 Å². The van der Waals surface area contributed by atoms with E-state index in [-0.39, 0.29) is 61.8 Å². The minimum Gasteiger partial charge on any atom is -1.00 e. The number of rotatable bonds is 2. The van der Waals surface area contributed by atoms with Crippen molar-refractivity contribution in [3.8, 4) is 11.1 Å². The molecule has 0 N–H and O–H groups in total. The first kappa shape index (κ1) is 27.4. The molecule has 0 atom stereocenters. The Hall–Kier alpha value is -0.617. The van der Waals surface area contributed by atoms with Crippen molar-refractivity contribution in [3.05, 3.63) is 82.0 Å². The van der Waals surface area contributed by atoms with E-state index < -0.39 is 0 Å². The van der Waals surface area contributed by atoms with Crippen molar-refractivity contribution in [2.24, 2.45) is 0 Å². The number of hydrogen-bond donors (Lipinski definition) is 0. The van der Waals surface area contributed by atoms with Crippen molar-refractivity contribution in [1.29, 1.82) is 0 Å². The summed E-state index contributed by atoms with van der Waals surface area (Å²) >= 11 is 0. The first-order valence-electron chi connectivity index (χ1n) is 10.3. The van der Waals surface area contributed by atoms with Gasteiger partial charge in [0, 0.05) is 0 Å². The molecule has 0 saturated heterocycles. The van der Waals surface area contributed by atoms with Crippen LogP contribution in [0.2, 0.25) is 0 Å². The van der Waals surface area contributed by atoms with Crippen molar-refractivity contribution in [2.45, 2.75) is 71.6 Å². The number of fused-ring (bicyclic) bond motifs is 3. The molecule has 0 aliphatic heterocycles. The fourth-order valence-electron chi connectivity index (χ4n) is 4.56. The van der Waals surface area contributed by atoms with Crippen LogP contribution in [0.15, 0.2) is 54.1 Å². The second-order valence-electron chi connectivity index (χ2n) is 10.3. The molecule has 3 heteroatoms. The van der Waals surface area contributed by atoms with E-state index in [2.05, 4.69) is 90.1 Å². The largest absolute Gasteiger partial charge is 2.00 e. The molecule has 0 fully saturated rings. The maximum absolute atomic E-state index is 2.45. The zero-order chi connectivity index (χ0) is 19.4. The number of hydrogen-bond acceptors (Lipinski definition) is 0. The summed E-state index contributed by atoms with van der Waals surface area (Å²) in [6.45, 7) is 14.0. The van der Waals surface area contributed by atoms with E-state index >= 15 is 0 Å². The van der Waals surface area contributed by atoms with Gasteiger partial charge in [-0.2, -0.15) is 0 Å². The van der Waals surface area contributed by atoms with Crippen LogP contribution in [-0.2, 0) is 49.9 Å². The van der Waals surface area contributed by atoms with Gasteiger partial charge in [-0.1, -0.05) is 95.7 Å².